The Bertz CT molecular complexity index is 1500. The van der Waals surface area contributed by atoms with Crippen LogP contribution in [0, 0.1) is 6.92 Å². The molecule has 2 heterocycles. The number of anilines is 3. The van der Waals surface area contributed by atoms with E-state index >= 15 is 0 Å². The summed E-state index contributed by atoms with van der Waals surface area (Å²) in [5, 5.41) is 2.89. The fraction of sp³-hybridized carbons (Fsp3) is 0.414. The fourth-order valence-corrected chi connectivity index (χ4v) is 5.00. The predicted octanol–water partition coefficient (Wildman–Crippen LogP) is 5.50. The zero-order chi connectivity index (χ0) is 29.1. The van der Waals surface area contributed by atoms with Gasteiger partial charge in [-0.25, -0.2) is 13.4 Å². The van der Waals surface area contributed by atoms with Gasteiger partial charge in [-0.1, -0.05) is 26.8 Å². The third-order valence-corrected chi connectivity index (χ3v) is 7.21. The van der Waals surface area contributed by atoms with Crippen LogP contribution < -0.4 is 24.4 Å². The van der Waals surface area contributed by atoms with Gasteiger partial charge in [0.2, 0.25) is 21.9 Å². The molecular weight excluding hydrogens is 530 g/mol. The van der Waals surface area contributed by atoms with Gasteiger partial charge in [0.05, 0.1) is 24.7 Å². The zero-order valence-electron chi connectivity index (χ0n) is 23.9. The first-order chi connectivity index (χ1) is 18.8. The summed E-state index contributed by atoms with van der Waals surface area (Å²) in [6, 6.07) is 10.4. The summed E-state index contributed by atoms with van der Waals surface area (Å²) in [6.45, 7) is 9.72. The molecule has 1 aliphatic heterocycles. The first-order valence-corrected chi connectivity index (χ1v) is 15.1. The maximum atomic E-state index is 13.4. The Morgan fingerprint density at radius 3 is 2.38 bits per heavy atom. The van der Waals surface area contributed by atoms with Crippen LogP contribution in [0.2, 0.25) is 0 Å². The van der Waals surface area contributed by atoms with Gasteiger partial charge in [-0.3, -0.25) is 9.52 Å². The van der Waals surface area contributed by atoms with Crippen LogP contribution in [0.5, 0.6) is 17.4 Å². The van der Waals surface area contributed by atoms with Crippen LogP contribution in [-0.2, 0) is 15.4 Å². The average molecular weight is 568 g/mol. The van der Waals surface area contributed by atoms with E-state index in [1.807, 2.05) is 27.7 Å². The van der Waals surface area contributed by atoms with Crippen molar-refractivity contribution in [2.45, 2.75) is 52.4 Å². The highest BCUT2D eigenvalue weighted by atomic mass is 32.2. The van der Waals surface area contributed by atoms with Gasteiger partial charge in [0.25, 0.3) is 5.91 Å². The van der Waals surface area contributed by atoms with Crippen LogP contribution in [0.15, 0.2) is 42.6 Å². The highest BCUT2D eigenvalue weighted by molar-refractivity contribution is 7.92. The predicted molar refractivity (Wildman–Crippen MR) is 157 cm³/mol. The van der Waals surface area contributed by atoms with Crippen LogP contribution in [0.3, 0.4) is 0 Å². The maximum absolute atomic E-state index is 13.4. The number of sulfonamides is 1. The first-order valence-electron chi connectivity index (χ1n) is 13.2. The fourth-order valence-electron chi connectivity index (χ4n) is 4.44. The summed E-state index contributed by atoms with van der Waals surface area (Å²) >= 11 is 0. The minimum absolute atomic E-state index is 0.210. The molecule has 0 bridgehead atoms. The molecule has 1 saturated heterocycles. The van der Waals surface area contributed by atoms with E-state index in [1.165, 1.54) is 13.5 Å². The number of amides is 1. The van der Waals surface area contributed by atoms with Crippen molar-refractivity contribution < 1.29 is 22.7 Å². The van der Waals surface area contributed by atoms with Gasteiger partial charge in [-0.05, 0) is 67.0 Å². The number of hydrogen-bond donors (Lipinski definition) is 2. The van der Waals surface area contributed by atoms with Gasteiger partial charge in [-0.2, -0.15) is 4.98 Å². The molecule has 0 atom stereocenters. The molecule has 1 aliphatic rings. The number of aromatic nitrogens is 2. The summed E-state index contributed by atoms with van der Waals surface area (Å²) in [5.74, 6) is 1.32. The number of benzene rings is 2. The smallest absolute Gasteiger partial charge is 0.255 e. The van der Waals surface area contributed by atoms with Crippen LogP contribution in [0.1, 0.15) is 61.5 Å². The van der Waals surface area contributed by atoms with Crippen LogP contribution >= 0.6 is 0 Å². The number of rotatable bonds is 8. The van der Waals surface area contributed by atoms with E-state index in [1.54, 1.807) is 42.6 Å². The van der Waals surface area contributed by atoms with Crippen molar-refractivity contribution in [1.82, 2.24) is 9.97 Å². The molecule has 0 saturated carbocycles. The van der Waals surface area contributed by atoms with E-state index in [9.17, 15) is 13.2 Å². The molecule has 3 aromatic rings. The lowest BCUT2D eigenvalue weighted by Crippen LogP contribution is -2.30. The molecule has 1 fully saturated rings. The molecule has 1 aromatic heterocycles. The van der Waals surface area contributed by atoms with Crippen molar-refractivity contribution >= 4 is 33.3 Å². The number of nitrogens with one attached hydrogen (secondary N) is 2. The second kappa shape index (κ2) is 11.7. The number of carbonyl (C=O) groups is 1. The third-order valence-electron chi connectivity index (χ3n) is 6.62. The summed E-state index contributed by atoms with van der Waals surface area (Å²) in [4.78, 5) is 24.6. The Morgan fingerprint density at radius 1 is 1.02 bits per heavy atom. The SMILES string of the molecule is COc1c(NC(=O)c2ccc(C)c(Oc3ccnc(N4CCCCC4)n3)c2)cc(C(C)(C)C)cc1NS(C)(=O)=O. The standard InChI is InChI=1S/C29H37N5O5S/c1-19-10-11-20(16-24(19)39-25-12-13-30-28(32-25)34-14-8-7-9-15-34)27(35)31-22-17-21(29(2,3)4)18-23(26(22)38-5)33-40(6,36)37/h10-13,16-18,33H,7-9,14-15H2,1-6H3,(H,31,35). The van der Waals surface area contributed by atoms with Gasteiger partial charge in [0, 0.05) is 30.9 Å². The maximum Gasteiger partial charge on any atom is 0.255 e. The second-order valence-corrected chi connectivity index (χ2v) is 12.8. The third kappa shape index (κ3) is 7.20. The summed E-state index contributed by atoms with van der Waals surface area (Å²) in [7, 11) is -2.17. The van der Waals surface area contributed by atoms with E-state index in [4.69, 9.17) is 9.47 Å². The molecule has 0 radical (unpaired) electrons. The Morgan fingerprint density at radius 2 is 1.73 bits per heavy atom. The van der Waals surface area contributed by atoms with Crippen LogP contribution in [0.25, 0.3) is 0 Å². The summed E-state index contributed by atoms with van der Waals surface area (Å²) in [6.07, 6.45) is 6.17. The molecular formula is C29H37N5O5S. The lowest BCUT2D eigenvalue weighted by atomic mass is 9.86. The van der Waals surface area contributed by atoms with Crippen molar-refractivity contribution in [3.63, 3.8) is 0 Å². The Balaban J connectivity index is 1.62. The molecule has 4 rings (SSSR count). The van der Waals surface area contributed by atoms with Gasteiger partial charge in [0.1, 0.15) is 5.75 Å². The van der Waals surface area contributed by atoms with Crippen molar-refractivity contribution in [2.24, 2.45) is 0 Å². The molecule has 10 nitrogen and oxygen atoms in total. The molecule has 214 valence electrons. The van der Waals surface area contributed by atoms with Crippen molar-refractivity contribution in [3.8, 4) is 17.4 Å². The number of nitrogens with zero attached hydrogens (tertiary/aromatic N) is 3. The molecule has 11 heteroatoms. The highest BCUT2D eigenvalue weighted by Crippen LogP contribution is 2.39. The van der Waals surface area contributed by atoms with Crippen LogP contribution in [-0.4, -0.2) is 50.7 Å². The lowest BCUT2D eigenvalue weighted by Gasteiger charge is -2.26. The van der Waals surface area contributed by atoms with Gasteiger partial charge in [0.15, 0.2) is 5.75 Å². The van der Waals surface area contributed by atoms with Gasteiger partial charge >= 0.3 is 0 Å². The normalized spacial score (nSPS) is 14.0. The van der Waals surface area contributed by atoms with E-state index in [0.717, 1.165) is 43.3 Å². The second-order valence-electron chi connectivity index (χ2n) is 11.0. The quantitative estimate of drug-likeness (QED) is 0.366. The van der Waals surface area contributed by atoms with E-state index in [2.05, 4.69) is 24.9 Å². The monoisotopic (exact) mass is 567 g/mol. The average Bonchev–Trinajstić information content (AvgIpc) is 2.89. The molecule has 1 amide bonds. The van der Waals surface area contributed by atoms with Crippen molar-refractivity contribution in [1.29, 1.82) is 0 Å². The highest BCUT2D eigenvalue weighted by Gasteiger charge is 2.23. The Labute approximate surface area is 236 Å². The first kappa shape index (κ1) is 29.1. The number of piperidine rings is 1. The lowest BCUT2D eigenvalue weighted by molar-refractivity contribution is 0.102. The van der Waals surface area contributed by atoms with Crippen LogP contribution in [0.4, 0.5) is 17.3 Å². The minimum Gasteiger partial charge on any atom is -0.492 e. The van der Waals surface area contributed by atoms with Crippen molar-refractivity contribution in [2.75, 3.05) is 41.4 Å². The molecule has 2 aromatic carbocycles. The summed E-state index contributed by atoms with van der Waals surface area (Å²) < 4.78 is 38.2. The largest absolute Gasteiger partial charge is 0.492 e. The zero-order valence-corrected chi connectivity index (χ0v) is 24.7. The number of ether oxygens (including phenoxy) is 2. The molecule has 0 unspecified atom stereocenters. The van der Waals surface area contributed by atoms with Crippen molar-refractivity contribution in [3.05, 3.63) is 59.3 Å². The van der Waals surface area contributed by atoms with E-state index in [0.29, 0.717) is 28.8 Å². The van der Waals surface area contributed by atoms with Gasteiger partial charge < -0.3 is 19.7 Å². The van der Waals surface area contributed by atoms with Gasteiger partial charge in [-0.15, -0.1) is 0 Å². The Kier molecular flexibility index (Phi) is 8.53. The number of methoxy groups -OCH3 is 1. The topological polar surface area (TPSA) is 123 Å². The molecule has 0 spiro atoms. The number of hydrogen-bond acceptors (Lipinski definition) is 8. The van der Waals surface area contributed by atoms with E-state index in [-0.39, 0.29) is 16.9 Å². The molecule has 40 heavy (non-hydrogen) atoms. The minimum atomic E-state index is -3.59. The molecule has 2 N–H and O–H groups in total. The number of carbonyl (C=O) groups excluding carboxylic acids is 1. The summed E-state index contributed by atoms with van der Waals surface area (Å²) in [5.41, 5.74) is 2.27. The molecule has 0 aliphatic carbocycles. The Hall–Kier alpha value is -3.86. The van der Waals surface area contributed by atoms with E-state index < -0.39 is 15.9 Å². The number of aryl methyl sites for hydroxylation is 1.